The maximum absolute atomic E-state index is 12.1. The number of thioether (sulfide) groups is 2. The lowest BCUT2D eigenvalue weighted by Gasteiger charge is -2.35. The second-order valence-electron chi connectivity index (χ2n) is 8.96. The van der Waals surface area contributed by atoms with Crippen LogP contribution in [0.1, 0.15) is 60.3 Å². The van der Waals surface area contributed by atoms with E-state index in [1.165, 1.54) is 37.4 Å². The van der Waals surface area contributed by atoms with E-state index in [0.29, 0.717) is 5.75 Å². The summed E-state index contributed by atoms with van der Waals surface area (Å²) in [6, 6.07) is 2.32. The molecular formula is C19H42N2O4S3Si2. The van der Waals surface area contributed by atoms with E-state index < -0.39 is 32.8 Å². The van der Waals surface area contributed by atoms with Crippen LogP contribution < -0.4 is 5.14 Å². The average Bonchev–Trinajstić information content (AvgIpc) is 3.08. The van der Waals surface area contributed by atoms with Crippen LogP contribution in [0.3, 0.4) is 0 Å². The summed E-state index contributed by atoms with van der Waals surface area (Å²) in [5.41, 5.74) is -0.331. The van der Waals surface area contributed by atoms with Crippen molar-refractivity contribution in [2.24, 2.45) is 5.14 Å². The fourth-order valence-electron chi connectivity index (χ4n) is 3.07. The maximum Gasteiger partial charge on any atom is 0.240 e. The van der Waals surface area contributed by atoms with Crippen LogP contribution in [0.15, 0.2) is 10.4 Å². The van der Waals surface area contributed by atoms with Gasteiger partial charge >= 0.3 is 0 Å². The van der Waals surface area contributed by atoms with Crippen molar-refractivity contribution in [1.29, 1.82) is 0 Å². The largest absolute Gasteiger partial charge is 0.396 e. The van der Waals surface area contributed by atoms with Crippen molar-refractivity contribution >= 4 is 51.6 Å². The van der Waals surface area contributed by atoms with Gasteiger partial charge in [0.2, 0.25) is 10.0 Å². The molecule has 0 amide bonds. The highest BCUT2D eigenvalue weighted by Gasteiger charge is 2.40. The first-order valence-corrected chi connectivity index (χ1v) is 19.4. The Labute approximate surface area is 196 Å². The summed E-state index contributed by atoms with van der Waals surface area (Å²) in [6.07, 6.45) is 6.50. The van der Waals surface area contributed by atoms with Crippen LogP contribution in [0.4, 0.5) is 0 Å². The molecule has 0 saturated carbocycles. The van der Waals surface area contributed by atoms with E-state index in [1.54, 1.807) is 11.8 Å². The molecule has 6 nitrogen and oxygen atoms in total. The van der Waals surface area contributed by atoms with Crippen molar-refractivity contribution < 1.29 is 17.3 Å². The van der Waals surface area contributed by atoms with Gasteiger partial charge in [0.15, 0.2) is 22.8 Å². The third kappa shape index (κ3) is 10.4. The summed E-state index contributed by atoms with van der Waals surface area (Å²) >= 11 is 2.93. The Kier molecular flexibility index (Phi) is 12.6. The summed E-state index contributed by atoms with van der Waals surface area (Å²) in [4.78, 5) is 1.84. The van der Waals surface area contributed by atoms with E-state index >= 15 is 0 Å². The molecule has 0 saturated heterocycles. The lowest BCUT2D eigenvalue weighted by molar-refractivity contribution is 0.0219. The summed E-state index contributed by atoms with van der Waals surface area (Å²) < 4.78 is 37.1. The fraction of sp³-hybridized carbons (Fsp3) is 0.895. The van der Waals surface area contributed by atoms with Gasteiger partial charge in [0.1, 0.15) is 6.29 Å². The molecule has 1 rings (SSSR count). The van der Waals surface area contributed by atoms with E-state index in [2.05, 4.69) is 26.9 Å². The normalized spacial score (nSPS) is 20.9. The summed E-state index contributed by atoms with van der Waals surface area (Å²) in [5.74, 6) is 0.682. The molecule has 1 aliphatic heterocycles. The van der Waals surface area contributed by atoms with E-state index in [4.69, 9.17) is 14.0 Å². The molecule has 0 spiro atoms. The van der Waals surface area contributed by atoms with Crippen molar-refractivity contribution in [2.45, 2.75) is 102 Å². The third-order valence-electron chi connectivity index (χ3n) is 4.80. The Morgan fingerprint density at radius 3 is 2.03 bits per heavy atom. The lowest BCUT2D eigenvalue weighted by atomic mass is 10.1. The highest BCUT2D eigenvalue weighted by atomic mass is 32.3. The summed E-state index contributed by atoms with van der Waals surface area (Å²) in [7, 11) is -6.24. The molecule has 3 atom stereocenters. The Balaban J connectivity index is 2.80. The van der Waals surface area contributed by atoms with Gasteiger partial charge in [-0.1, -0.05) is 51.3 Å². The van der Waals surface area contributed by atoms with Gasteiger partial charge in [-0.15, -0.1) is 11.8 Å². The van der Waals surface area contributed by atoms with Crippen molar-refractivity contribution in [3.05, 3.63) is 10.4 Å². The molecule has 3 unspecified atom stereocenters. The predicted molar refractivity (Wildman–Crippen MR) is 138 cm³/mol. The van der Waals surface area contributed by atoms with Crippen LogP contribution in [-0.2, 0) is 18.9 Å². The average molecular weight is 515 g/mol. The number of nitrogens with two attached hydrogens (primary N) is 1. The summed E-state index contributed by atoms with van der Waals surface area (Å²) in [5, 5.41) is 5.50. The van der Waals surface area contributed by atoms with Crippen molar-refractivity contribution in [3.63, 3.8) is 0 Å². The minimum absolute atomic E-state index is 0.204. The van der Waals surface area contributed by atoms with Crippen LogP contribution in [0.25, 0.3) is 0 Å². The second-order valence-corrected chi connectivity index (χ2v) is 18.3. The minimum Gasteiger partial charge on any atom is -0.396 e. The van der Waals surface area contributed by atoms with Crippen molar-refractivity contribution in [3.8, 4) is 0 Å². The van der Waals surface area contributed by atoms with Gasteiger partial charge in [-0.3, -0.25) is 0 Å². The van der Waals surface area contributed by atoms with Crippen LogP contribution in [-0.4, -0.2) is 53.7 Å². The highest BCUT2D eigenvalue weighted by Crippen LogP contribution is 2.44. The van der Waals surface area contributed by atoms with Crippen LogP contribution in [0.2, 0.25) is 25.2 Å². The van der Waals surface area contributed by atoms with E-state index in [9.17, 15) is 8.42 Å². The highest BCUT2D eigenvalue weighted by molar-refractivity contribution is 8.26. The smallest absolute Gasteiger partial charge is 0.240 e. The molecule has 0 aromatic carbocycles. The Bertz CT molecular complexity index is 628. The Hall–Kier alpha value is 0.504. The quantitative estimate of drug-likeness (QED) is 0.268. The van der Waals surface area contributed by atoms with E-state index in [0.717, 1.165) is 16.3 Å². The zero-order chi connectivity index (χ0) is 22.9. The first-order valence-electron chi connectivity index (χ1n) is 11.0. The third-order valence-corrected chi connectivity index (χ3v) is 12.9. The first kappa shape index (κ1) is 28.5. The van der Waals surface area contributed by atoms with Gasteiger partial charge in [0.05, 0.1) is 4.24 Å². The summed E-state index contributed by atoms with van der Waals surface area (Å²) in [6.45, 7) is 14.9. The van der Waals surface area contributed by atoms with Crippen LogP contribution in [0, 0.1) is 0 Å². The van der Waals surface area contributed by atoms with Gasteiger partial charge in [-0.25, -0.2) is 13.6 Å². The van der Waals surface area contributed by atoms with E-state index in [-0.39, 0.29) is 11.8 Å². The molecule has 0 radical (unpaired) electrons. The number of hydrogen-bond donors (Lipinski definition) is 1. The van der Waals surface area contributed by atoms with Gasteiger partial charge in [-0.2, -0.15) is 0 Å². The molecule has 0 aliphatic carbocycles. The maximum atomic E-state index is 12.1. The topological polar surface area (TPSA) is 81.9 Å². The Morgan fingerprint density at radius 2 is 1.67 bits per heavy atom. The number of rotatable bonds is 14. The molecule has 2 N–H and O–H groups in total. The molecule has 0 aromatic heterocycles. The van der Waals surface area contributed by atoms with Crippen molar-refractivity contribution in [2.75, 3.05) is 5.75 Å². The molecular weight excluding hydrogens is 473 g/mol. The number of primary sulfonamides is 1. The van der Waals surface area contributed by atoms with Gasteiger partial charge in [0.25, 0.3) is 0 Å². The molecule has 1 aliphatic rings. The number of unbranched alkanes of at least 4 members (excludes halogenated alkanes) is 2. The number of sulfonamides is 1. The number of nitrogens with zero attached hydrogens (tertiary/aromatic N) is 1. The molecule has 0 bridgehead atoms. The monoisotopic (exact) mass is 514 g/mol. The molecule has 11 heteroatoms. The second kappa shape index (κ2) is 13.3. The van der Waals surface area contributed by atoms with Crippen LogP contribution in [0.5, 0.6) is 0 Å². The van der Waals surface area contributed by atoms with Crippen molar-refractivity contribution in [1.82, 2.24) is 4.90 Å². The molecule has 1 heterocycles. The molecule has 30 heavy (non-hydrogen) atoms. The minimum atomic E-state index is -3.69. The van der Waals surface area contributed by atoms with Gasteiger partial charge in [-0.05, 0) is 46.0 Å². The number of hydrogen-bond acceptors (Lipinski definition) is 7. The van der Waals surface area contributed by atoms with E-state index in [1.807, 2.05) is 31.9 Å². The fourth-order valence-corrected chi connectivity index (χ4v) is 11.1. The zero-order valence-corrected chi connectivity index (χ0v) is 24.5. The lowest BCUT2D eigenvalue weighted by Crippen LogP contribution is -2.46. The Morgan fingerprint density at radius 1 is 1.17 bits per heavy atom. The molecule has 0 aromatic rings. The first-order chi connectivity index (χ1) is 13.9. The molecule has 0 fully saturated rings. The zero-order valence-electron chi connectivity index (χ0n) is 19.7. The predicted octanol–water partition coefficient (Wildman–Crippen LogP) is 4.60. The standard InChI is InChI=1S/C19H42N2O4S3Si2/c1-8-10-12-29(6)24-16(25-30(7)13-11-9-2)15-26-17-14-21(19(3,4)5)18(27-17)28(20,22)23/h14,16,18,29-30H,8-13,15H2,1-7H3,(H2,20,22,23). The van der Waals surface area contributed by atoms with Gasteiger partial charge in [0, 0.05) is 17.5 Å². The van der Waals surface area contributed by atoms with Crippen LogP contribution >= 0.6 is 23.5 Å². The molecule has 178 valence electrons. The SMILES string of the molecule is CCCC[SiH](C)OC(CSC1=CN(C(C)(C)C)C(S(N)(=O)=O)S1)O[SiH](C)CCCC. The van der Waals surface area contributed by atoms with Gasteiger partial charge < -0.3 is 13.8 Å².